The van der Waals surface area contributed by atoms with Gasteiger partial charge in [-0.25, -0.2) is 0 Å². The molecule has 1 aromatic rings. The maximum Gasteiger partial charge on any atom is 0.416 e. The smallest absolute Gasteiger partial charge is 0.381 e. The Morgan fingerprint density at radius 1 is 1.11 bits per heavy atom. The molecule has 2 aliphatic heterocycles. The predicted molar refractivity (Wildman–Crippen MR) is 96.3 cm³/mol. The van der Waals surface area contributed by atoms with Gasteiger partial charge in [0.2, 0.25) is 5.91 Å². The van der Waals surface area contributed by atoms with Gasteiger partial charge < -0.3 is 9.64 Å². The van der Waals surface area contributed by atoms with Gasteiger partial charge in [-0.3, -0.25) is 9.69 Å². The van der Waals surface area contributed by atoms with Gasteiger partial charge in [-0.1, -0.05) is 19.1 Å². The molecule has 2 fully saturated rings. The molecule has 4 nitrogen and oxygen atoms in total. The Morgan fingerprint density at radius 2 is 1.70 bits per heavy atom. The lowest BCUT2D eigenvalue weighted by Crippen LogP contribution is -2.54. The van der Waals surface area contributed by atoms with Gasteiger partial charge in [0.05, 0.1) is 5.56 Å². The molecule has 2 aliphatic rings. The fourth-order valence-corrected chi connectivity index (χ4v) is 3.94. The molecule has 3 rings (SSSR count). The van der Waals surface area contributed by atoms with E-state index in [1.165, 1.54) is 12.1 Å². The number of alkyl halides is 3. The standard InChI is InChI=1S/C20H27F3N2O2/c1-15(14-16-2-4-17(5-3-16)20(21,22)23)19(26)25-10-8-24(9-11-25)18-6-12-27-13-7-18/h2-5,15,18H,6-14H2,1H3. The monoisotopic (exact) mass is 384 g/mol. The van der Waals surface area contributed by atoms with E-state index in [4.69, 9.17) is 4.74 Å². The largest absolute Gasteiger partial charge is 0.416 e. The van der Waals surface area contributed by atoms with Crippen molar-refractivity contribution < 1.29 is 22.7 Å². The lowest BCUT2D eigenvalue weighted by molar-refractivity contribution is -0.138. The first-order chi connectivity index (χ1) is 12.8. The number of hydrogen-bond donors (Lipinski definition) is 0. The van der Waals surface area contributed by atoms with Crippen molar-refractivity contribution in [3.05, 3.63) is 35.4 Å². The molecule has 1 amide bonds. The quantitative estimate of drug-likeness (QED) is 0.799. The van der Waals surface area contributed by atoms with E-state index in [0.717, 1.165) is 56.8 Å². The molecule has 0 spiro atoms. The zero-order chi connectivity index (χ0) is 19.4. The van der Waals surface area contributed by atoms with Crippen LogP contribution in [0, 0.1) is 5.92 Å². The summed E-state index contributed by atoms with van der Waals surface area (Å²) in [7, 11) is 0. The number of carbonyl (C=O) groups excluding carboxylic acids is 1. The van der Waals surface area contributed by atoms with Crippen LogP contribution in [0.15, 0.2) is 24.3 Å². The molecule has 2 saturated heterocycles. The van der Waals surface area contributed by atoms with Crippen LogP contribution in [0.25, 0.3) is 0 Å². The summed E-state index contributed by atoms with van der Waals surface area (Å²) in [5.41, 5.74) is 0.0964. The summed E-state index contributed by atoms with van der Waals surface area (Å²) < 4.78 is 43.4. The van der Waals surface area contributed by atoms with Crippen LogP contribution >= 0.6 is 0 Å². The number of ether oxygens (including phenoxy) is 1. The van der Waals surface area contributed by atoms with Crippen molar-refractivity contribution in [2.75, 3.05) is 39.4 Å². The van der Waals surface area contributed by atoms with Gasteiger partial charge in [0.15, 0.2) is 0 Å². The molecule has 1 atom stereocenters. The number of piperazine rings is 1. The molecule has 2 heterocycles. The van der Waals surface area contributed by atoms with Crippen molar-refractivity contribution in [3.63, 3.8) is 0 Å². The molecular formula is C20H27F3N2O2. The van der Waals surface area contributed by atoms with E-state index in [2.05, 4.69) is 4.90 Å². The van der Waals surface area contributed by atoms with E-state index in [-0.39, 0.29) is 11.8 Å². The Kier molecular flexibility index (Phi) is 6.42. The van der Waals surface area contributed by atoms with Crippen LogP contribution in [0.2, 0.25) is 0 Å². The predicted octanol–water partition coefficient (Wildman–Crippen LogP) is 3.21. The van der Waals surface area contributed by atoms with Crippen molar-refractivity contribution in [1.82, 2.24) is 9.80 Å². The van der Waals surface area contributed by atoms with Crippen LogP contribution in [-0.2, 0) is 22.1 Å². The van der Waals surface area contributed by atoms with E-state index >= 15 is 0 Å². The van der Waals surface area contributed by atoms with Crippen LogP contribution < -0.4 is 0 Å². The number of halogens is 3. The fourth-order valence-electron chi connectivity index (χ4n) is 3.94. The lowest BCUT2D eigenvalue weighted by Gasteiger charge is -2.41. The highest BCUT2D eigenvalue weighted by Gasteiger charge is 2.31. The van der Waals surface area contributed by atoms with Crippen LogP contribution in [0.3, 0.4) is 0 Å². The molecule has 0 aromatic heterocycles. The third-order valence-corrected chi connectivity index (χ3v) is 5.58. The topological polar surface area (TPSA) is 32.8 Å². The van der Waals surface area contributed by atoms with E-state index in [1.54, 1.807) is 0 Å². The maximum absolute atomic E-state index is 12.7. The Bertz CT molecular complexity index is 619. The number of nitrogens with zero attached hydrogens (tertiary/aromatic N) is 2. The lowest BCUT2D eigenvalue weighted by atomic mass is 9.98. The summed E-state index contributed by atoms with van der Waals surface area (Å²) in [5, 5.41) is 0. The molecule has 0 N–H and O–H groups in total. The molecule has 0 bridgehead atoms. The van der Waals surface area contributed by atoms with Gasteiger partial charge in [0.25, 0.3) is 0 Å². The first-order valence-corrected chi connectivity index (χ1v) is 9.61. The molecule has 150 valence electrons. The fraction of sp³-hybridized carbons (Fsp3) is 0.650. The zero-order valence-corrected chi connectivity index (χ0v) is 15.7. The van der Waals surface area contributed by atoms with Crippen molar-refractivity contribution in [1.29, 1.82) is 0 Å². The minimum Gasteiger partial charge on any atom is -0.381 e. The number of carbonyl (C=O) groups is 1. The normalized spacial score (nSPS) is 21.3. The summed E-state index contributed by atoms with van der Waals surface area (Å²) >= 11 is 0. The van der Waals surface area contributed by atoms with Gasteiger partial charge in [-0.05, 0) is 37.0 Å². The first-order valence-electron chi connectivity index (χ1n) is 9.61. The summed E-state index contributed by atoms with van der Waals surface area (Å²) in [5.74, 6) is -0.155. The number of amides is 1. The number of benzene rings is 1. The van der Waals surface area contributed by atoms with Gasteiger partial charge in [0, 0.05) is 51.4 Å². The van der Waals surface area contributed by atoms with Crippen LogP contribution in [0.1, 0.15) is 30.9 Å². The second-order valence-electron chi connectivity index (χ2n) is 7.50. The maximum atomic E-state index is 12.7. The highest BCUT2D eigenvalue weighted by molar-refractivity contribution is 5.79. The van der Waals surface area contributed by atoms with Crippen molar-refractivity contribution in [3.8, 4) is 0 Å². The molecule has 1 aromatic carbocycles. The number of hydrogen-bond acceptors (Lipinski definition) is 3. The molecule has 1 unspecified atom stereocenters. The van der Waals surface area contributed by atoms with Gasteiger partial charge in [0.1, 0.15) is 0 Å². The SMILES string of the molecule is CC(Cc1ccc(C(F)(F)F)cc1)C(=O)N1CCN(C2CCOCC2)CC1. The molecule has 0 saturated carbocycles. The Balaban J connectivity index is 1.49. The van der Waals surface area contributed by atoms with E-state index in [1.807, 2.05) is 11.8 Å². The second kappa shape index (κ2) is 8.61. The minimum atomic E-state index is -4.33. The average molecular weight is 384 g/mol. The van der Waals surface area contributed by atoms with E-state index in [9.17, 15) is 18.0 Å². The summed E-state index contributed by atoms with van der Waals surface area (Å²) in [6, 6.07) is 5.66. The molecule has 0 radical (unpaired) electrons. The summed E-state index contributed by atoms with van der Waals surface area (Å²) in [4.78, 5) is 17.1. The molecule has 0 aliphatic carbocycles. The van der Waals surface area contributed by atoms with Crippen molar-refractivity contribution >= 4 is 5.91 Å². The van der Waals surface area contributed by atoms with E-state index in [0.29, 0.717) is 25.6 Å². The Morgan fingerprint density at radius 3 is 2.26 bits per heavy atom. The van der Waals surface area contributed by atoms with E-state index < -0.39 is 11.7 Å². The van der Waals surface area contributed by atoms with Gasteiger partial charge in [-0.2, -0.15) is 13.2 Å². The van der Waals surface area contributed by atoms with Gasteiger partial charge >= 0.3 is 6.18 Å². The Labute approximate surface area is 158 Å². The van der Waals surface area contributed by atoms with Gasteiger partial charge in [-0.15, -0.1) is 0 Å². The minimum absolute atomic E-state index is 0.0847. The van der Waals surface area contributed by atoms with Crippen LogP contribution in [0.5, 0.6) is 0 Å². The Hall–Kier alpha value is -1.60. The molecule has 27 heavy (non-hydrogen) atoms. The molecule has 7 heteroatoms. The van der Waals surface area contributed by atoms with Crippen LogP contribution in [-0.4, -0.2) is 61.1 Å². The number of rotatable bonds is 4. The van der Waals surface area contributed by atoms with Crippen molar-refractivity contribution in [2.24, 2.45) is 5.92 Å². The van der Waals surface area contributed by atoms with Crippen LogP contribution in [0.4, 0.5) is 13.2 Å². The zero-order valence-electron chi connectivity index (χ0n) is 15.7. The highest BCUT2D eigenvalue weighted by atomic mass is 19.4. The third kappa shape index (κ3) is 5.23. The third-order valence-electron chi connectivity index (χ3n) is 5.58. The summed E-state index contributed by atoms with van der Waals surface area (Å²) in [6.07, 6.45) is -1.77. The second-order valence-corrected chi connectivity index (χ2v) is 7.50. The first kappa shape index (κ1) is 20.1. The highest BCUT2D eigenvalue weighted by Crippen LogP contribution is 2.29. The van der Waals surface area contributed by atoms with Crippen molar-refractivity contribution in [2.45, 2.75) is 38.4 Å². The summed E-state index contributed by atoms with van der Waals surface area (Å²) in [6.45, 7) is 6.67. The average Bonchev–Trinajstić information content (AvgIpc) is 2.68. The molecular weight excluding hydrogens is 357 g/mol.